The molecule has 1 aromatic carbocycles. The smallest absolute Gasteiger partial charge is 0.231 e. The van der Waals surface area contributed by atoms with Crippen molar-refractivity contribution >= 4 is 32.9 Å². The Kier molecular flexibility index (Phi) is 3.02. The molecule has 0 amide bonds. The van der Waals surface area contributed by atoms with Crippen LogP contribution in [0.5, 0.6) is 11.5 Å². The number of fused-ring (bicyclic) bond motifs is 2. The zero-order valence-corrected chi connectivity index (χ0v) is 13.7. The van der Waals surface area contributed by atoms with Crippen molar-refractivity contribution in [1.82, 2.24) is 4.90 Å². The van der Waals surface area contributed by atoms with E-state index in [1.165, 1.54) is 0 Å². The highest BCUT2D eigenvalue weighted by molar-refractivity contribution is 7.91. The molecule has 0 radical (unpaired) electrons. The minimum absolute atomic E-state index is 0.0621. The molecule has 0 saturated carbocycles. The monoisotopic (exact) mass is 340 g/mol. The standard InChI is InChI=1S/C14H16N2O4S2/c1-2-15-10-6-22(17,18)7-11(10)16(14(15)21)9-3-4-12-13(5-9)20-8-19-12/h3-5,10-11H,2,6-8H2,1H3/t10-,11-/m1/s1. The van der Waals surface area contributed by atoms with E-state index in [-0.39, 0.29) is 30.4 Å². The lowest BCUT2D eigenvalue weighted by atomic mass is 10.1. The lowest BCUT2D eigenvalue weighted by Gasteiger charge is -2.25. The van der Waals surface area contributed by atoms with Gasteiger partial charge >= 0.3 is 0 Å². The average molecular weight is 340 g/mol. The van der Waals surface area contributed by atoms with Gasteiger partial charge in [-0.2, -0.15) is 0 Å². The van der Waals surface area contributed by atoms with Crippen LogP contribution in [0.1, 0.15) is 6.92 Å². The Bertz CT molecular complexity index is 749. The summed E-state index contributed by atoms with van der Waals surface area (Å²) in [6, 6.07) is 5.43. The minimum atomic E-state index is -3.02. The van der Waals surface area contributed by atoms with Crippen molar-refractivity contribution in [2.75, 3.05) is 29.7 Å². The van der Waals surface area contributed by atoms with Crippen molar-refractivity contribution in [1.29, 1.82) is 0 Å². The summed E-state index contributed by atoms with van der Waals surface area (Å²) >= 11 is 5.59. The van der Waals surface area contributed by atoms with Gasteiger partial charge in [-0.05, 0) is 31.3 Å². The van der Waals surface area contributed by atoms with Crippen LogP contribution >= 0.6 is 12.2 Å². The zero-order valence-electron chi connectivity index (χ0n) is 12.1. The van der Waals surface area contributed by atoms with E-state index in [2.05, 4.69) is 0 Å². The molecule has 0 spiro atoms. The van der Waals surface area contributed by atoms with Crippen LogP contribution in [0, 0.1) is 0 Å². The Morgan fingerprint density at radius 2 is 1.95 bits per heavy atom. The van der Waals surface area contributed by atoms with Gasteiger partial charge in [-0.15, -0.1) is 0 Å². The fraction of sp³-hybridized carbons (Fsp3) is 0.500. The maximum atomic E-state index is 12.0. The van der Waals surface area contributed by atoms with Gasteiger partial charge in [0.2, 0.25) is 6.79 Å². The predicted octanol–water partition coefficient (Wildman–Crippen LogP) is 1.01. The molecule has 6 nitrogen and oxygen atoms in total. The van der Waals surface area contributed by atoms with E-state index in [0.29, 0.717) is 23.2 Å². The molecule has 2 atom stereocenters. The first kappa shape index (κ1) is 14.1. The molecule has 2 saturated heterocycles. The Balaban J connectivity index is 1.75. The van der Waals surface area contributed by atoms with Crippen LogP contribution in [0.15, 0.2) is 18.2 Å². The number of anilines is 1. The lowest BCUT2D eigenvalue weighted by molar-refractivity contribution is 0.174. The number of likely N-dealkylation sites (N-methyl/N-ethyl adjacent to an activating group) is 1. The van der Waals surface area contributed by atoms with Gasteiger partial charge in [0.05, 0.1) is 23.6 Å². The summed E-state index contributed by atoms with van der Waals surface area (Å²) in [6.45, 7) is 2.92. The third-order valence-electron chi connectivity index (χ3n) is 4.45. The molecule has 0 unspecified atom stereocenters. The van der Waals surface area contributed by atoms with Crippen LogP contribution < -0.4 is 14.4 Å². The third-order valence-corrected chi connectivity index (χ3v) is 6.58. The summed E-state index contributed by atoms with van der Waals surface area (Å²) in [7, 11) is -3.02. The number of hydrogen-bond acceptors (Lipinski definition) is 5. The van der Waals surface area contributed by atoms with Crippen molar-refractivity contribution < 1.29 is 17.9 Å². The predicted molar refractivity (Wildman–Crippen MR) is 86.3 cm³/mol. The number of rotatable bonds is 2. The summed E-state index contributed by atoms with van der Waals surface area (Å²) in [5.41, 5.74) is 0.859. The summed E-state index contributed by atoms with van der Waals surface area (Å²) in [5.74, 6) is 1.69. The molecule has 4 rings (SSSR count). The van der Waals surface area contributed by atoms with Gasteiger partial charge in [-0.1, -0.05) is 0 Å². The maximum absolute atomic E-state index is 12.0. The van der Waals surface area contributed by atoms with Crippen LogP contribution in [-0.4, -0.2) is 55.4 Å². The normalized spacial score (nSPS) is 28.3. The molecule has 0 aromatic heterocycles. The second-order valence-corrected chi connectivity index (χ2v) is 8.21. The van der Waals surface area contributed by atoms with Gasteiger partial charge in [-0.3, -0.25) is 0 Å². The van der Waals surface area contributed by atoms with E-state index in [1.807, 2.05) is 34.9 Å². The van der Waals surface area contributed by atoms with Crippen molar-refractivity contribution in [2.24, 2.45) is 0 Å². The van der Waals surface area contributed by atoms with E-state index >= 15 is 0 Å². The lowest BCUT2D eigenvalue weighted by Crippen LogP contribution is -2.37. The molecule has 118 valence electrons. The highest BCUT2D eigenvalue weighted by Gasteiger charge is 2.51. The Morgan fingerprint density at radius 1 is 1.23 bits per heavy atom. The molecule has 0 aliphatic carbocycles. The summed E-state index contributed by atoms with van der Waals surface area (Å²) < 4.78 is 34.8. The third kappa shape index (κ3) is 1.97. The zero-order chi connectivity index (χ0) is 15.5. The van der Waals surface area contributed by atoms with Crippen LogP contribution in [0.25, 0.3) is 0 Å². The first-order chi connectivity index (χ1) is 10.5. The minimum Gasteiger partial charge on any atom is -0.454 e. The molecule has 3 aliphatic rings. The van der Waals surface area contributed by atoms with Crippen molar-refractivity contribution in [3.63, 3.8) is 0 Å². The molecule has 0 N–H and O–H groups in total. The second-order valence-electron chi connectivity index (χ2n) is 5.69. The molecule has 0 bridgehead atoms. The van der Waals surface area contributed by atoms with Gasteiger partial charge in [0.25, 0.3) is 0 Å². The van der Waals surface area contributed by atoms with E-state index in [1.54, 1.807) is 0 Å². The quantitative estimate of drug-likeness (QED) is 0.745. The van der Waals surface area contributed by atoms with Gasteiger partial charge in [0, 0.05) is 18.3 Å². The van der Waals surface area contributed by atoms with Crippen LogP contribution in [0.3, 0.4) is 0 Å². The van der Waals surface area contributed by atoms with Crippen LogP contribution in [0.2, 0.25) is 0 Å². The number of benzene rings is 1. The fourth-order valence-electron chi connectivity index (χ4n) is 3.48. The van der Waals surface area contributed by atoms with E-state index in [9.17, 15) is 8.42 Å². The molecule has 3 heterocycles. The summed E-state index contributed by atoms with van der Waals surface area (Å²) in [4.78, 5) is 3.96. The molecular weight excluding hydrogens is 324 g/mol. The topological polar surface area (TPSA) is 59.1 Å². The van der Waals surface area contributed by atoms with Crippen molar-refractivity contribution in [3.8, 4) is 11.5 Å². The highest BCUT2D eigenvalue weighted by Crippen LogP contribution is 2.40. The molecule has 8 heteroatoms. The average Bonchev–Trinajstić information content (AvgIpc) is 3.09. The number of ether oxygens (including phenoxy) is 2. The fourth-order valence-corrected chi connectivity index (χ4v) is 5.94. The van der Waals surface area contributed by atoms with E-state index < -0.39 is 9.84 Å². The van der Waals surface area contributed by atoms with Crippen LogP contribution in [0.4, 0.5) is 5.69 Å². The van der Waals surface area contributed by atoms with Gasteiger partial charge in [0.1, 0.15) is 0 Å². The SMILES string of the molecule is CCN1C(=S)N(c2ccc3c(c2)OCO3)[C@@H]2CS(=O)(=O)C[C@H]21. The first-order valence-corrected chi connectivity index (χ1v) is 9.43. The number of hydrogen-bond donors (Lipinski definition) is 0. The molecular formula is C14H16N2O4S2. The largest absolute Gasteiger partial charge is 0.454 e. The second kappa shape index (κ2) is 4.73. The Hall–Kier alpha value is -1.54. The van der Waals surface area contributed by atoms with Crippen LogP contribution in [-0.2, 0) is 9.84 Å². The van der Waals surface area contributed by atoms with Crippen molar-refractivity contribution in [2.45, 2.75) is 19.0 Å². The summed E-state index contributed by atoms with van der Waals surface area (Å²) in [5, 5.41) is 0.686. The summed E-state index contributed by atoms with van der Waals surface area (Å²) in [6.07, 6.45) is 0. The number of nitrogens with zero attached hydrogens (tertiary/aromatic N) is 2. The van der Waals surface area contributed by atoms with Gasteiger partial charge in [0.15, 0.2) is 26.4 Å². The Morgan fingerprint density at radius 3 is 2.73 bits per heavy atom. The maximum Gasteiger partial charge on any atom is 0.231 e. The van der Waals surface area contributed by atoms with E-state index in [0.717, 1.165) is 5.69 Å². The molecule has 1 aromatic rings. The van der Waals surface area contributed by atoms with Crippen molar-refractivity contribution in [3.05, 3.63) is 18.2 Å². The Labute approximate surface area is 134 Å². The number of thiocarbonyl (C=S) groups is 1. The van der Waals surface area contributed by atoms with Gasteiger partial charge < -0.3 is 19.3 Å². The molecule has 22 heavy (non-hydrogen) atoms. The number of sulfone groups is 1. The molecule has 3 aliphatic heterocycles. The molecule has 2 fully saturated rings. The first-order valence-electron chi connectivity index (χ1n) is 7.20. The van der Waals surface area contributed by atoms with Gasteiger partial charge in [-0.25, -0.2) is 8.42 Å². The highest BCUT2D eigenvalue weighted by atomic mass is 32.2. The van der Waals surface area contributed by atoms with E-state index in [4.69, 9.17) is 21.7 Å².